The summed E-state index contributed by atoms with van der Waals surface area (Å²) in [6.45, 7) is 4.13. The van der Waals surface area contributed by atoms with E-state index in [2.05, 4.69) is 4.90 Å². The van der Waals surface area contributed by atoms with Gasteiger partial charge in [-0.2, -0.15) is 4.31 Å². The Hall–Kier alpha value is -2.39. The van der Waals surface area contributed by atoms with Gasteiger partial charge in [0.15, 0.2) is 0 Å². The molecule has 0 spiro atoms. The first-order chi connectivity index (χ1) is 14.2. The van der Waals surface area contributed by atoms with E-state index in [1.54, 1.807) is 30.3 Å². The van der Waals surface area contributed by atoms with Crippen molar-refractivity contribution in [2.45, 2.75) is 18.4 Å². The molecule has 0 saturated carbocycles. The van der Waals surface area contributed by atoms with Crippen molar-refractivity contribution in [1.82, 2.24) is 9.21 Å². The minimum atomic E-state index is -3.53. The molecule has 4 rings (SSSR count). The molecular formula is C21H21ClN2O5S. The van der Waals surface area contributed by atoms with Crippen LogP contribution in [0.3, 0.4) is 0 Å². The maximum absolute atomic E-state index is 12.9. The number of phenolic OH excluding ortho intramolecular Hbond substituents is 1. The highest BCUT2D eigenvalue weighted by Gasteiger charge is 2.28. The lowest BCUT2D eigenvalue weighted by Gasteiger charge is -2.34. The summed E-state index contributed by atoms with van der Waals surface area (Å²) in [5, 5.41) is 10.6. The highest BCUT2D eigenvalue weighted by atomic mass is 35.5. The average molecular weight is 449 g/mol. The zero-order valence-electron chi connectivity index (χ0n) is 16.3. The number of benzene rings is 2. The number of rotatable bonds is 4. The molecule has 0 aliphatic carbocycles. The van der Waals surface area contributed by atoms with Crippen LogP contribution in [0, 0.1) is 6.92 Å². The number of aryl methyl sites for hydroxylation is 1. The minimum Gasteiger partial charge on any atom is -0.506 e. The zero-order chi connectivity index (χ0) is 21.5. The van der Waals surface area contributed by atoms with Crippen LogP contribution in [0.4, 0.5) is 0 Å². The van der Waals surface area contributed by atoms with Crippen molar-refractivity contribution in [2.75, 3.05) is 26.2 Å². The Morgan fingerprint density at radius 1 is 1.07 bits per heavy atom. The van der Waals surface area contributed by atoms with Gasteiger partial charge < -0.3 is 9.52 Å². The number of piperazine rings is 1. The van der Waals surface area contributed by atoms with Crippen molar-refractivity contribution in [2.24, 2.45) is 0 Å². The number of hydrogen-bond acceptors (Lipinski definition) is 6. The first-order valence-corrected chi connectivity index (χ1v) is 11.3. The maximum Gasteiger partial charge on any atom is 0.336 e. The molecule has 1 fully saturated rings. The van der Waals surface area contributed by atoms with Gasteiger partial charge in [-0.1, -0.05) is 29.3 Å². The molecule has 158 valence electrons. The maximum atomic E-state index is 12.9. The second-order valence-electron chi connectivity index (χ2n) is 7.38. The SMILES string of the molecule is Cc1ccc(S(=O)(=O)N2CCN(Cc3cc(=O)oc4cc(O)c(Cl)cc34)CC2)cc1. The van der Waals surface area contributed by atoms with Crippen LogP contribution < -0.4 is 5.63 Å². The summed E-state index contributed by atoms with van der Waals surface area (Å²) in [5.74, 6) is -0.153. The number of fused-ring (bicyclic) bond motifs is 1. The van der Waals surface area contributed by atoms with Crippen LogP contribution in [0.15, 0.2) is 56.6 Å². The third-order valence-electron chi connectivity index (χ3n) is 5.28. The number of aromatic hydroxyl groups is 1. The smallest absolute Gasteiger partial charge is 0.336 e. The van der Waals surface area contributed by atoms with E-state index in [4.69, 9.17) is 16.0 Å². The molecule has 0 unspecified atom stereocenters. The van der Waals surface area contributed by atoms with Crippen LogP contribution in [0.1, 0.15) is 11.1 Å². The van der Waals surface area contributed by atoms with Crippen LogP contribution in [-0.4, -0.2) is 48.9 Å². The minimum absolute atomic E-state index is 0.153. The third-order valence-corrected chi connectivity index (χ3v) is 7.50. The number of halogens is 1. The molecule has 1 N–H and O–H groups in total. The normalized spacial score (nSPS) is 16.2. The van der Waals surface area contributed by atoms with Crippen molar-refractivity contribution < 1.29 is 17.9 Å². The molecule has 1 aromatic heterocycles. The van der Waals surface area contributed by atoms with E-state index in [0.717, 1.165) is 11.1 Å². The van der Waals surface area contributed by atoms with Gasteiger partial charge >= 0.3 is 5.63 Å². The number of phenols is 1. The average Bonchev–Trinajstić information content (AvgIpc) is 2.70. The van der Waals surface area contributed by atoms with Crippen LogP contribution in [-0.2, 0) is 16.6 Å². The second-order valence-corrected chi connectivity index (χ2v) is 9.73. The molecule has 0 amide bonds. The fraction of sp³-hybridized carbons (Fsp3) is 0.286. The van der Waals surface area contributed by atoms with Crippen molar-refractivity contribution in [3.05, 3.63) is 69.0 Å². The number of hydrogen-bond donors (Lipinski definition) is 1. The Balaban J connectivity index is 1.51. The fourth-order valence-electron chi connectivity index (χ4n) is 3.59. The largest absolute Gasteiger partial charge is 0.506 e. The van der Waals surface area contributed by atoms with E-state index >= 15 is 0 Å². The Kier molecular flexibility index (Phi) is 5.59. The lowest BCUT2D eigenvalue weighted by molar-refractivity contribution is 0.182. The Morgan fingerprint density at radius 2 is 1.73 bits per heavy atom. The van der Waals surface area contributed by atoms with Gasteiger partial charge in [-0.25, -0.2) is 13.2 Å². The summed E-state index contributed by atoms with van der Waals surface area (Å²) in [7, 11) is -3.53. The molecule has 1 aliphatic heterocycles. The molecule has 0 atom stereocenters. The van der Waals surface area contributed by atoms with Gasteiger partial charge in [-0.05, 0) is 30.7 Å². The van der Waals surface area contributed by atoms with Gasteiger partial charge in [-0.3, -0.25) is 4.90 Å². The van der Waals surface area contributed by atoms with Crippen molar-refractivity contribution in [3.63, 3.8) is 0 Å². The van der Waals surface area contributed by atoms with Gasteiger partial charge in [0.1, 0.15) is 11.3 Å². The molecule has 7 nitrogen and oxygen atoms in total. The standard InChI is InChI=1S/C21H21ClN2O5S/c1-14-2-4-16(5-3-14)30(27,28)24-8-6-23(7-9-24)13-15-10-21(26)29-20-12-19(25)18(22)11-17(15)20/h2-5,10-12,25H,6-9,13H2,1H3. The lowest BCUT2D eigenvalue weighted by atomic mass is 10.1. The molecule has 9 heteroatoms. The van der Waals surface area contributed by atoms with Gasteiger partial charge in [0.2, 0.25) is 10.0 Å². The summed E-state index contributed by atoms with van der Waals surface area (Å²) in [4.78, 5) is 14.3. The molecule has 30 heavy (non-hydrogen) atoms. The van der Waals surface area contributed by atoms with Crippen molar-refractivity contribution in [3.8, 4) is 5.75 Å². The van der Waals surface area contributed by atoms with Crippen LogP contribution in [0.2, 0.25) is 5.02 Å². The summed E-state index contributed by atoms with van der Waals surface area (Å²) < 4.78 is 32.4. The van der Waals surface area contributed by atoms with Crippen molar-refractivity contribution >= 4 is 32.6 Å². The van der Waals surface area contributed by atoms with Gasteiger partial charge in [-0.15, -0.1) is 0 Å². The van der Waals surface area contributed by atoms with Crippen molar-refractivity contribution in [1.29, 1.82) is 0 Å². The topological polar surface area (TPSA) is 91.1 Å². The van der Waals surface area contributed by atoms with Gasteiger partial charge in [0.25, 0.3) is 0 Å². The molecule has 0 bridgehead atoms. The highest BCUT2D eigenvalue weighted by molar-refractivity contribution is 7.89. The first-order valence-electron chi connectivity index (χ1n) is 9.48. The van der Waals surface area contributed by atoms with Gasteiger partial charge in [0, 0.05) is 50.2 Å². The Morgan fingerprint density at radius 3 is 2.40 bits per heavy atom. The van der Waals surface area contributed by atoms with Crippen LogP contribution in [0.5, 0.6) is 5.75 Å². The highest BCUT2D eigenvalue weighted by Crippen LogP contribution is 2.30. The molecule has 1 saturated heterocycles. The predicted octanol–water partition coefficient (Wildman–Crippen LogP) is 2.97. The van der Waals surface area contributed by atoms with E-state index in [1.165, 1.54) is 16.4 Å². The first kappa shape index (κ1) is 20.9. The molecule has 2 heterocycles. The van der Waals surface area contributed by atoms with Crippen LogP contribution in [0.25, 0.3) is 11.0 Å². The lowest BCUT2D eigenvalue weighted by Crippen LogP contribution is -2.48. The van der Waals surface area contributed by atoms with E-state index in [1.807, 2.05) is 6.92 Å². The number of sulfonamides is 1. The number of nitrogens with zero attached hydrogens (tertiary/aromatic N) is 2. The second kappa shape index (κ2) is 8.03. The third kappa shape index (κ3) is 4.09. The predicted molar refractivity (Wildman–Crippen MR) is 114 cm³/mol. The summed E-state index contributed by atoms with van der Waals surface area (Å²) in [6, 6.07) is 11.1. The summed E-state index contributed by atoms with van der Waals surface area (Å²) >= 11 is 6.02. The molecule has 3 aromatic rings. The summed E-state index contributed by atoms with van der Waals surface area (Å²) in [5.41, 5.74) is 1.48. The molecular weight excluding hydrogens is 428 g/mol. The fourth-order valence-corrected chi connectivity index (χ4v) is 5.18. The van der Waals surface area contributed by atoms with E-state index in [9.17, 15) is 18.3 Å². The molecule has 1 aliphatic rings. The molecule has 2 aromatic carbocycles. The quantitative estimate of drug-likeness (QED) is 0.617. The zero-order valence-corrected chi connectivity index (χ0v) is 17.9. The summed E-state index contributed by atoms with van der Waals surface area (Å²) in [6.07, 6.45) is 0. The monoisotopic (exact) mass is 448 g/mol. The van der Waals surface area contributed by atoms with Crippen LogP contribution >= 0.6 is 11.6 Å². The Labute approximate surface area is 179 Å². The molecule has 0 radical (unpaired) electrons. The van der Waals surface area contributed by atoms with E-state index in [-0.39, 0.29) is 16.4 Å². The van der Waals surface area contributed by atoms with E-state index < -0.39 is 15.6 Å². The van der Waals surface area contributed by atoms with E-state index in [0.29, 0.717) is 43.0 Å². The van der Waals surface area contributed by atoms with Gasteiger partial charge in [0.05, 0.1) is 9.92 Å². The Bertz CT molecular complexity index is 1250.